The quantitative estimate of drug-likeness (QED) is 0.246. The lowest BCUT2D eigenvalue weighted by atomic mass is 9.95. The third kappa shape index (κ3) is 5.62. The number of rotatable bonds is 8. The van der Waals surface area contributed by atoms with Crippen LogP contribution in [0.3, 0.4) is 0 Å². The molecule has 0 fully saturated rings. The number of aromatic nitrogens is 1. The predicted molar refractivity (Wildman–Crippen MR) is 158 cm³/mol. The molecular formula is C31H26BrFN2O5S. The Hall–Kier alpha value is -4.02. The first-order chi connectivity index (χ1) is 19.9. The third-order valence-electron chi connectivity index (χ3n) is 6.68. The maximum atomic E-state index is 14.1. The van der Waals surface area contributed by atoms with Gasteiger partial charge in [-0.15, -0.1) is 0 Å². The van der Waals surface area contributed by atoms with Gasteiger partial charge in [0.1, 0.15) is 12.4 Å². The minimum absolute atomic E-state index is 0.0230. The highest BCUT2D eigenvalue weighted by Crippen LogP contribution is 2.35. The first kappa shape index (κ1) is 28.5. The standard InChI is InChI=1S/C31H26BrFN2O5S/c1-4-23-27(30(37)39-3)28(18-10-6-5-7-11-18)35-29(36)26(41-31(35)34-23)15-20-14-24(38-2)25(16-21(20)32)40-17-19-12-8-9-13-22(19)33/h5-16,28H,4,17H2,1-3H3/b26-15-/t28-/m0/s1. The van der Waals surface area contributed by atoms with E-state index in [1.807, 2.05) is 37.3 Å². The summed E-state index contributed by atoms with van der Waals surface area (Å²) in [7, 11) is 2.84. The average Bonchev–Trinajstić information content (AvgIpc) is 3.30. The SMILES string of the molecule is CCC1=C(C(=O)OC)[C@H](c2ccccc2)n2c(s/c(=C\c3cc(OC)c(OCc4ccccc4F)cc3Br)c2=O)=N1. The Labute approximate surface area is 248 Å². The molecule has 0 spiro atoms. The molecule has 10 heteroatoms. The Morgan fingerprint density at radius 3 is 2.51 bits per heavy atom. The minimum atomic E-state index is -0.677. The molecule has 1 aromatic heterocycles. The molecule has 1 aliphatic heterocycles. The van der Waals surface area contributed by atoms with Gasteiger partial charge in [0, 0.05) is 10.0 Å². The number of methoxy groups -OCH3 is 2. The van der Waals surface area contributed by atoms with E-state index < -0.39 is 12.0 Å². The summed E-state index contributed by atoms with van der Waals surface area (Å²) >= 11 is 4.81. The fourth-order valence-electron chi connectivity index (χ4n) is 4.66. The van der Waals surface area contributed by atoms with Crippen LogP contribution >= 0.6 is 27.3 Å². The Morgan fingerprint density at radius 1 is 1.10 bits per heavy atom. The zero-order chi connectivity index (χ0) is 29.1. The van der Waals surface area contributed by atoms with Gasteiger partial charge in [-0.25, -0.2) is 14.2 Å². The molecule has 210 valence electrons. The smallest absolute Gasteiger partial charge is 0.338 e. The second-order valence-electron chi connectivity index (χ2n) is 9.10. The number of carbonyl (C=O) groups excluding carboxylic acids is 1. The summed E-state index contributed by atoms with van der Waals surface area (Å²) in [6, 6.07) is 18.6. The van der Waals surface area contributed by atoms with Crippen molar-refractivity contribution in [1.29, 1.82) is 0 Å². The second kappa shape index (κ2) is 12.2. The third-order valence-corrected chi connectivity index (χ3v) is 8.35. The molecule has 0 aliphatic carbocycles. The number of esters is 1. The predicted octanol–water partition coefficient (Wildman–Crippen LogP) is 5.29. The van der Waals surface area contributed by atoms with Gasteiger partial charge in [0.15, 0.2) is 16.3 Å². The topological polar surface area (TPSA) is 79.1 Å². The summed E-state index contributed by atoms with van der Waals surface area (Å²) in [4.78, 5) is 32.0. The molecule has 1 atom stereocenters. The van der Waals surface area contributed by atoms with Gasteiger partial charge in [-0.2, -0.15) is 0 Å². The maximum Gasteiger partial charge on any atom is 0.338 e. The highest BCUT2D eigenvalue weighted by Gasteiger charge is 2.33. The van der Waals surface area contributed by atoms with E-state index in [-0.39, 0.29) is 18.0 Å². The van der Waals surface area contributed by atoms with Crippen LogP contribution in [0.15, 0.2) is 92.3 Å². The lowest BCUT2D eigenvalue weighted by Gasteiger charge is -2.25. The van der Waals surface area contributed by atoms with Gasteiger partial charge in [-0.05, 0) is 41.8 Å². The molecule has 41 heavy (non-hydrogen) atoms. The van der Waals surface area contributed by atoms with Crippen LogP contribution in [-0.2, 0) is 16.1 Å². The van der Waals surface area contributed by atoms with Gasteiger partial charge >= 0.3 is 5.97 Å². The molecule has 1 aliphatic rings. The molecule has 0 unspecified atom stereocenters. The fourth-order valence-corrected chi connectivity index (χ4v) is 6.11. The van der Waals surface area contributed by atoms with Gasteiger partial charge < -0.3 is 14.2 Å². The number of allylic oxidation sites excluding steroid dienone is 1. The molecule has 0 N–H and O–H groups in total. The Balaban J connectivity index is 1.60. The van der Waals surface area contributed by atoms with Crippen LogP contribution < -0.4 is 24.4 Å². The number of benzene rings is 3. The van der Waals surface area contributed by atoms with E-state index >= 15 is 0 Å². The maximum absolute atomic E-state index is 14.1. The Bertz CT molecular complexity index is 1830. The number of thiazole rings is 1. The average molecular weight is 638 g/mol. The van der Waals surface area contributed by atoms with E-state index in [9.17, 15) is 14.0 Å². The normalized spacial score (nSPS) is 14.9. The number of halogens is 2. The zero-order valence-electron chi connectivity index (χ0n) is 22.5. The molecule has 0 radical (unpaired) electrons. The highest BCUT2D eigenvalue weighted by atomic mass is 79.9. The Morgan fingerprint density at radius 2 is 1.83 bits per heavy atom. The molecule has 4 aromatic rings. The molecule has 5 rings (SSSR count). The molecule has 3 aromatic carbocycles. The van der Waals surface area contributed by atoms with E-state index in [4.69, 9.17) is 19.2 Å². The van der Waals surface area contributed by atoms with Gasteiger partial charge in [0.2, 0.25) is 0 Å². The lowest BCUT2D eigenvalue weighted by molar-refractivity contribution is -0.136. The molecule has 0 saturated heterocycles. The summed E-state index contributed by atoms with van der Waals surface area (Å²) in [6.07, 6.45) is 2.24. The summed E-state index contributed by atoms with van der Waals surface area (Å²) in [5, 5.41) is 0. The van der Waals surface area contributed by atoms with Gasteiger partial charge in [-0.3, -0.25) is 9.36 Å². The van der Waals surface area contributed by atoms with Crippen molar-refractivity contribution >= 4 is 39.3 Å². The van der Waals surface area contributed by atoms with Crippen molar-refractivity contribution < 1.29 is 23.4 Å². The highest BCUT2D eigenvalue weighted by molar-refractivity contribution is 9.10. The van der Waals surface area contributed by atoms with Crippen LogP contribution in [0.25, 0.3) is 6.08 Å². The van der Waals surface area contributed by atoms with E-state index in [1.165, 1.54) is 31.6 Å². The number of ether oxygens (including phenoxy) is 3. The first-order valence-electron chi connectivity index (χ1n) is 12.8. The zero-order valence-corrected chi connectivity index (χ0v) is 24.9. The van der Waals surface area contributed by atoms with E-state index in [0.29, 0.717) is 54.1 Å². The van der Waals surface area contributed by atoms with Crippen molar-refractivity contribution in [2.45, 2.75) is 26.0 Å². The van der Waals surface area contributed by atoms with Crippen LogP contribution in [0.4, 0.5) is 4.39 Å². The summed E-state index contributed by atoms with van der Waals surface area (Å²) in [5.41, 5.74) is 2.51. The minimum Gasteiger partial charge on any atom is -0.493 e. The molecule has 0 saturated carbocycles. The van der Waals surface area contributed by atoms with Crippen molar-refractivity contribution in [3.63, 3.8) is 0 Å². The molecular weight excluding hydrogens is 611 g/mol. The van der Waals surface area contributed by atoms with Crippen LogP contribution in [0.5, 0.6) is 11.5 Å². The van der Waals surface area contributed by atoms with E-state index in [1.54, 1.807) is 41.0 Å². The molecule has 7 nitrogen and oxygen atoms in total. The number of nitrogens with zero attached hydrogens (tertiary/aromatic N) is 2. The van der Waals surface area contributed by atoms with Crippen molar-refractivity contribution in [3.8, 4) is 11.5 Å². The number of fused-ring (bicyclic) bond motifs is 1. The fraction of sp³-hybridized carbons (Fsp3) is 0.194. The number of carbonyl (C=O) groups is 1. The Kier molecular flexibility index (Phi) is 8.51. The molecule has 0 amide bonds. The van der Waals surface area contributed by atoms with Gasteiger partial charge in [0.25, 0.3) is 5.56 Å². The molecule has 2 heterocycles. The largest absolute Gasteiger partial charge is 0.493 e. The van der Waals surface area contributed by atoms with Crippen molar-refractivity contribution in [1.82, 2.24) is 4.57 Å². The summed E-state index contributed by atoms with van der Waals surface area (Å²) < 4.78 is 33.2. The van der Waals surface area contributed by atoms with Gasteiger partial charge in [0.05, 0.1) is 36.1 Å². The van der Waals surface area contributed by atoms with Crippen LogP contribution in [0, 0.1) is 5.82 Å². The van der Waals surface area contributed by atoms with Crippen molar-refractivity contribution in [2.24, 2.45) is 4.99 Å². The second-order valence-corrected chi connectivity index (χ2v) is 11.0. The van der Waals surface area contributed by atoms with Crippen LogP contribution in [0.1, 0.15) is 36.1 Å². The van der Waals surface area contributed by atoms with Crippen LogP contribution in [-0.4, -0.2) is 24.8 Å². The molecule has 0 bridgehead atoms. The van der Waals surface area contributed by atoms with E-state index in [2.05, 4.69) is 15.9 Å². The summed E-state index contributed by atoms with van der Waals surface area (Å²) in [6.45, 7) is 1.94. The summed E-state index contributed by atoms with van der Waals surface area (Å²) in [5.74, 6) is -0.0345. The number of hydrogen-bond donors (Lipinski definition) is 0. The van der Waals surface area contributed by atoms with Crippen molar-refractivity contribution in [3.05, 3.63) is 125 Å². The lowest BCUT2D eigenvalue weighted by Crippen LogP contribution is -2.40. The first-order valence-corrected chi connectivity index (χ1v) is 14.4. The number of hydrogen-bond acceptors (Lipinski definition) is 7. The van der Waals surface area contributed by atoms with E-state index in [0.717, 1.165) is 5.56 Å². The monoisotopic (exact) mass is 636 g/mol. The van der Waals surface area contributed by atoms with Crippen molar-refractivity contribution in [2.75, 3.05) is 14.2 Å². The van der Waals surface area contributed by atoms with Gasteiger partial charge in [-0.1, -0.05) is 82.7 Å². The van der Waals surface area contributed by atoms with Crippen LogP contribution in [0.2, 0.25) is 0 Å².